The van der Waals surface area contributed by atoms with Crippen molar-refractivity contribution >= 4 is 17.5 Å². The van der Waals surface area contributed by atoms with Gasteiger partial charge >= 0.3 is 11.8 Å². The van der Waals surface area contributed by atoms with E-state index in [9.17, 15) is 14.0 Å². The zero-order valence-electron chi connectivity index (χ0n) is 14.8. The number of amides is 2. The predicted octanol–water partition coefficient (Wildman–Crippen LogP) is 1.83. The number of anilines is 1. The van der Waals surface area contributed by atoms with Crippen molar-refractivity contribution in [2.45, 2.75) is 13.0 Å². The summed E-state index contributed by atoms with van der Waals surface area (Å²) in [5, 5.41) is 5.02. The van der Waals surface area contributed by atoms with Crippen molar-refractivity contribution in [1.29, 1.82) is 0 Å². The lowest BCUT2D eigenvalue weighted by atomic mass is 10.2. The molecule has 0 fully saturated rings. The molecule has 2 aromatic rings. The van der Waals surface area contributed by atoms with Gasteiger partial charge in [-0.15, -0.1) is 0 Å². The number of aryl methyl sites for hydroxylation is 2. The smallest absolute Gasteiger partial charge is 0.313 e. The molecule has 2 N–H and O–H groups in total. The number of nitrogens with one attached hydrogen (secondary N) is 2. The third-order valence-electron chi connectivity index (χ3n) is 4.04. The second kappa shape index (κ2) is 7.94. The first-order valence-electron chi connectivity index (χ1n) is 7.92. The third-order valence-corrected chi connectivity index (χ3v) is 4.04. The maximum absolute atomic E-state index is 13.5. The maximum atomic E-state index is 13.5. The van der Waals surface area contributed by atoms with Gasteiger partial charge in [-0.1, -0.05) is 6.07 Å². The van der Waals surface area contributed by atoms with E-state index in [1.165, 1.54) is 6.07 Å². The summed E-state index contributed by atoms with van der Waals surface area (Å²) < 4.78 is 15.5. The second-order valence-corrected chi connectivity index (χ2v) is 6.15. The van der Waals surface area contributed by atoms with Gasteiger partial charge in [0.25, 0.3) is 0 Å². The Balaban J connectivity index is 1.97. The average molecular weight is 346 g/mol. The molecule has 0 aliphatic heterocycles. The van der Waals surface area contributed by atoms with E-state index in [4.69, 9.17) is 0 Å². The summed E-state index contributed by atoms with van der Waals surface area (Å²) in [5.41, 5.74) is 1.74. The minimum absolute atomic E-state index is 0.0754. The van der Waals surface area contributed by atoms with Crippen molar-refractivity contribution in [2.75, 3.05) is 26.0 Å². The molecule has 0 spiro atoms. The fourth-order valence-corrected chi connectivity index (χ4v) is 2.50. The fourth-order valence-electron chi connectivity index (χ4n) is 2.50. The molecular formula is C18H23FN4O2. The molecule has 0 saturated heterocycles. The Morgan fingerprint density at radius 1 is 1.24 bits per heavy atom. The molecule has 0 aliphatic carbocycles. The van der Waals surface area contributed by atoms with E-state index in [1.807, 2.05) is 48.9 Å². The number of nitrogens with zero attached hydrogens (tertiary/aromatic N) is 2. The molecule has 1 atom stereocenters. The third kappa shape index (κ3) is 4.67. The van der Waals surface area contributed by atoms with Crippen LogP contribution in [0.1, 0.15) is 17.3 Å². The summed E-state index contributed by atoms with van der Waals surface area (Å²) in [6.45, 7) is 1.90. The number of halogens is 1. The van der Waals surface area contributed by atoms with E-state index < -0.39 is 17.6 Å². The molecule has 0 unspecified atom stereocenters. The molecule has 2 rings (SSSR count). The largest absolute Gasteiger partial charge is 0.353 e. The molecule has 1 heterocycles. The lowest BCUT2D eigenvalue weighted by molar-refractivity contribution is -0.136. The summed E-state index contributed by atoms with van der Waals surface area (Å²) in [6.07, 6.45) is 1.92. The molecule has 0 bridgehead atoms. The van der Waals surface area contributed by atoms with Crippen molar-refractivity contribution in [3.63, 3.8) is 0 Å². The van der Waals surface area contributed by atoms with Crippen molar-refractivity contribution in [3.05, 3.63) is 53.6 Å². The topological polar surface area (TPSA) is 66.4 Å². The van der Waals surface area contributed by atoms with Gasteiger partial charge < -0.3 is 15.2 Å². The standard InChI is InChI=1S/C18H23FN4O2/c1-12-7-8-13(10-14(12)19)21-18(25)17(24)20-11-16(22(2)3)15-6-5-9-23(15)4/h5-10,16H,11H2,1-4H3,(H,20,24)(H,21,25)/t16-/m1/s1. The first kappa shape index (κ1) is 18.7. The fraction of sp³-hybridized carbons (Fsp3) is 0.333. The summed E-state index contributed by atoms with van der Waals surface area (Å²) in [5.74, 6) is -2.02. The van der Waals surface area contributed by atoms with Crippen molar-refractivity contribution < 1.29 is 14.0 Å². The highest BCUT2D eigenvalue weighted by Crippen LogP contribution is 2.17. The van der Waals surface area contributed by atoms with E-state index >= 15 is 0 Å². The van der Waals surface area contributed by atoms with Crippen LogP contribution in [0.15, 0.2) is 36.5 Å². The highest BCUT2D eigenvalue weighted by molar-refractivity contribution is 6.39. The first-order chi connectivity index (χ1) is 11.8. The number of carbonyl (C=O) groups excluding carboxylic acids is 2. The Kier molecular flexibility index (Phi) is 5.93. The van der Waals surface area contributed by atoms with Crippen LogP contribution in [0.25, 0.3) is 0 Å². The Hall–Kier alpha value is -2.67. The van der Waals surface area contributed by atoms with Gasteiger partial charge in [-0.3, -0.25) is 14.5 Å². The normalized spacial score (nSPS) is 12.1. The van der Waals surface area contributed by atoms with Gasteiger partial charge in [0.1, 0.15) is 5.82 Å². The van der Waals surface area contributed by atoms with Crippen LogP contribution in [0.2, 0.25) is 0 Å². The van der Waals surface area contributed by atoms with Crippen LogP contribution < -0.4 is 10.6 Å². The summed E-state index contributed by atoms with van der Waals surface area (Å²) >= 11 is 0. The quantitative estimate of drug-likeness (QED) is 0.812. The van der Waals surface area contributed by atoms with Crippen LogP contribution in [0, 0.1) is 12.7 Å². The molecular weight excluding hydrogens is 323 g/mol. The van der Waals surface area contributed by atoms with Crippen molar-refractivity contribution in [2.24, 2.45) is 7.05 Å². The van der Waals surface area contributed by atoms with Gasteiger partial charge in [0.05, 0.1) is 6.04 Å². The molecule has 7 heteroatoms. The number of hydrogen-bond acceptors (Lipinski definition) is 3. The van der Waals surface area contributed by atoms with Crippen LogP contribution in [0.4, 0.5) is 10.1 Å². The Morgan fingerprint density at radius 2 is 1.96 bits per heavy atom. The van der Waals surface area contributed by atoms with Gasteiger partial charge in [-0.05, 0) is 50.8 Å². The number of carbonyl (C=O) groups is 2. The number of benzene rings is 1. The van der Waals surface area contributed by atoms with Crippen LogP contribution >= 0.6 is 0 Å². The van der Waals surface area contributed by atoms with E-state index in [2.05, 4.69) is 10.6 Å². The highest BCUT2D eigenvalue weighted by Gasteiger charge is 2.20. The number of likely N-dealkylation sites (N-methyl/N-ethyl adjacent to an activating group) is 1. The van der Waals surface area contributed by atoms with Crippen LogP contribution in [-0.4, -0.2) is 41.9 Å². The van der Waals surface area contributed by atoms with Gasteiger partial charge in [-0.2, -0.15) is 0 Å². The Morgan fingerprint density at radius 3 is 2.52 bits per heavy atom. The summed E-state index contributed by atoms with van der Waals surface area (Å²) in [7, 11) is 5.73. The zero-order chi connectivity index (χ0) is 18.6. The molecule has 0 aliphatic rings. The van der Waals surface area contributed by atoms with Crippen LogP contribution in [0.3, 0.4) is 0 Å². The minimum Gasteiger partial charge on any atom is -0.353 e. The Bertz CT molecular complexity index is 770. The zero-order valence-corrected chi connectivity index (χ0v) is 14.8. The first-order valence-corrected chi connectivity index (χ1v) is 7.92. The lowest BCUT2D eigenvalue weighted by Crippen LogP contribution is -2.40. The molecule has 25 heavy (non-hydrogen) atoms. The number of aromatic nitrogens is 1. The van der Waals surface area contributed by atoms with Gasteiger partial charge in [0.15, 0.2) is 0 Å². The molecule has 2 amide bonds. The molecule has 0 saturated carbocycles. The van der Waals surface area contributed by atoms with E-state index in [-0.39, 0.29) is 18.3 Å². The van der Waals surface area contributed by atoms with Crippen LogP contribution in [0.5, 0.6) is 0 Å². The summed E-state index contributed by atoms with van der Waals surface area (Å²) in [4.78, 5) is 26.0. The van der Waals surface area contributed by atoms with Crippen LogP contribution in [-0.2, 0) is 16.6 Å². The van der Waals surface area contributed by atoms with Gasteiger partial charge in [-0.25, -0.2) is 4.39 Å². The maximum Gasteiger partial charge on any atom is 0.313 e. The van der Waals surface area contributed by atoms with Crippen molar-refractivity contribution in [3.8, 4) is 0 Å². The van der Waals surface area contributed by atoms with E-state index in [1.54, 1.807) is 19.1 Å². The van der Waals surface area contributed by atoms with Gasteiger partial charge in [0, 0.05) is 31.2 Å². The molecule has 0 radical (unpaired) electrons. The SMILES string of the molecule is Cc1ccc(NC(=O)C(=O)NC[C@H](c2cccn2C)N(C)C)cc1F. The lowest BCUT2D eigenvalue weighted by Gasteiger charge is -2.25. The Labute approximate surface area is 146 Å². The molecule has 134 valence electrons. The highest BCUT2D eigenvalue weighted by atomic mass is 19.1. The van der Waals surface area contributed by atoms with E-state index in [0.29, 0.717) is 5.56 Å². The number of rotatable bonds is 5. The molecule has 1 aromatic heterocycles. The summed E-state index contributed by atoms with van der Waals surface area (Å²) in [6, 6.07) is 8.09. The molecule has 1 aromatic carbocycles. The average Bonchev–Trinajstić information content (AvgIpc) is 2.96. The monoisotopic (exact) mass is 346 g/mol. The van der Waals surface area contributed by atoms with E-state index in [0.717, 1.165) is 5.69 Å². The molecule has 6 nitrogen and oxygen atoms in total. The number of hydrogen-bond donors (Lipinski definition) is 2. The second-order valence-electron chi connectivity index (χ2n) is 6.15. The predicted molar refractivity (Wildman–Crippen MR) is 94.6 cm³/mol. The minimum atomic E-state index is -0.826. The van der Waals surface area contributed by atoms with Gasteiger partial charge in [0.2, 0.25) is 0 Å². The van der Waals surface area contributed by atoms with Crippen molar-refractivity contribution in [1.82, 2.24) is 14.8 Å².